The van der Waals surface area contributed by atoms with Crippen molar-refractivity contribution in [2.75, 3.05) is 33.9 Å². The topological polar surface area (TPSA) is 178 Å². The summed E-state index contributed by atoms with van der Waals surface area (Å²) in [5.74, 6) is -4.94. The van der Waals surface area contributed by atoms with Crippen LogP contribution in [-0.2, 0) is 24.5 Å². The molecule has 4 rings (SSSR count). The second-order valence-electron chi connectivity index (χ2n) is 10.1. The lowest BCUT2D eigenvalue weighted by Gasteiger charge is -2.28. The maximum atomic E-state index is 12.2. The van der Waals surface area contributed by atoms with E-state index < -0.39 is 36.1 Å². The van der Waals surface area contributed by atoms with Crippen LogP contribution in [0.15, 0.2) is 66.7 Å². The third-order valence-electron chi connectivity index (χ3n) is 7.25. The van der Waals surface area contributed by atoms with Gasteiger partial charge in [-0.15, -0.1) is 0 Å². The van der Waals surface area contributed by atoms with Crippen LogP contribution in [0.5, 0.6) is 11.5 Å². The van der Waals surface area contributed by atoms with Gasteiger partial charge in [-0.2, -0.15) is 0 Å². The average molecular weight is 679 g/mol. The van der Waals surface area contributed by atoms with Crippen molar-refractivity contribution in [3.05, 3.63) is 93.5 Å². The highest BCUT2D eigenvalue weighted by Gasteiger charge is 2.41. The number of carbonyl (C=O) groups excluding carboxylic acids is 2. The number of methoxy groups -OCH3 is 2. The third kappa shape index (κ3) is 9.33. The standard InChI is InChI=1S/C20H18O10.C12H15Cl2NO/c1-27-13-7-3-11(4-8-13)19(25)29-15(17(21)22)16(18(23)24)30-20(26)12-5-9-14(28-2)10-6-12;13-10-2-1-9(7-11(10)14)12(4-6-16)3-5-15-8-12/h3-10,15-16H,1-2H3,(H,21,22)(H,23,24);1-2,7,15-16H,3-6,8H2/t15-,16-;12-/m10/s1. The Morgan fingerprint density at radius 3 is 1.61 bits per heavy atom. The molecule has 3 aromatic carbocycles. The number of halogens is 2. The summed E-state index contributed by atoms with van der Waals surface area (Å²) >= 11 is 12.0. The van der Waals surface area contributed by atoms with Crippen molar-refractivity contribution in [3.63, 3.8) is 0 Å². The minimum Gasteiger partial charge on any atom is -0.497 e. The lowest BCUT2D eigenvalue weighted by Crippen LogP contribution is -2.45. The maximum Gasteiger partial charge on any atom is 0.349 e. The molecule has 0 unspecified atom stereocenters. The van der Waals surface area contributed by atoms with Gasteiger partial charge in [-0.25, -0.2) is 19.2 Å². The largest absolute Gasteiger partial charge is 0.497 e. The zero-order valence-electron chi connectivity index (χ0n) is 24.9. The molecule has 1 aliphatic heterocycles. The highest BCUT2D eigenvalue weighted by Crippen LogP contribution is 2.37. The number of carbonyl (C=O) groups is 4. The molecule has 3 atom stereocenters. The molecule has 4 N–H and O–H groups in total. The fourth-order valence-electron chi connectivity index (χ4n) is 4.69. The van der Waals surface area contributed by atoms with E-state index in [-0.39, 0.29) is 23.1 Å². The summed E-state index contributed by atoms with van der Waals surface area (Å²) < 4.78 is 19.5. The van der Waals surface area contributed by atoms with Crippen LogP contribution in [0.2, 0.25) is 10.0 Å². The van der Waals surface area contributed by atoms with Gasteiger partial charge in [0, 0.05) is 18.6 Å². The highest BCUT2D eigenvalue weighted by molar-refractivity contribution is 6.42. The van der Waals surface area contributed by atoms with Gasteiger partial charge >= 0.3 is 23.9 Å². The van der Waals surface area contributed by atoms with Gasteiger partial charge in [0.1, 0.15) is 11.5 Å². The third-order valence-corrected chi connectivity index (χ3v) is 7.99. The van der Waals surface area contributed by atoms with E-state index in [1.54, 1.807) is 0 Å². The molecule has 0 aromatic heterocycles. The molecule has 246 valence electrons. The molecule has 1 heterocycles. The first-order chi connectivity index (χ1) is 21.9. The van der Waals surface area contributed by atoms with Gasteiger partial charge in [0.15, 0.2) is 0 Å². The Hall–Kier alpha value is -4.36. The Labute approximate surface area is 274 Å². The number of aliphatic hydroxyl groups is 1. The lowest BCUT2D eigenvalue weighted by molar-refractivity contribution is -0.166. The number of hydrogen-bond acceptors (Lipinski definition) is 10. The van der Waals surface area contributed by atoms with Crippen LogP contribution < -0.4 is 14.8 Å². The zero-order chi connectivity index (χ0) is 33.9. The monoisotopic (exact) mass is 677 g/mol. The van der Waals surface area contributed by atoms with Crippen molar-refractivity contribution in [2.45, 2.75) is 30.5 Å². The number of rotatable bonds is 12. The number of esters is 2. The van der Waals surface area contributed by atoms with E-state index in [1.165, 1.54) is 68.3 Å². The van der Waals surface area contributed by atoms with E-state index in [9.17, 15) is 34.5 Å². The summed E-state index contributed by atoms with van der Waals surface area (Å²) in [4.78, 5) is 47.6. The maximum absolute atomic E-state index is 12.2. The number of nitrogens with one attached hydrogen (secondary N) is 1. The summed E-state index contributed by atoms with van der Waals surface area (Å²) in [7, 11) is 2.84. The molecular formula is C32H33Cl2NO11. The molecule has 0 saturated carbocycles. The zero-order valence-corrected chi connectivity index (χ0v) is 26.4. The number of carboxylic acid groups (broad SMARTS) is 2. The molecule has 1 aliphatic rings. The van der Waals surface area contributed by atoms with Crippen molar-refractivity contribution in [3.8, 4) is 11.5 Å². The number of carboxylic acids is 2. The van der Waals surface area contributed by atoms with Crippen LogP contribution in [0, 0.1) is 0 Å². The molecule has 0 spiro atoms. The smallest absolute Gasteiger partial charge is 0.349 e. The van der Waals surface area contributed by atoms with Crippen LogP contribution >= 0.6 is 23.2 Å². The van der Waals surface area contributed by atoms with Gasteiger partial charge in [-0.05, 0) is 85.6 Å². The first-order valence-corrected chi connectivity index (χ1v) is 14.6. The number of aliphatic carboxylic acids is 2. The number of ether oxygens (including phenoxy) is 4. The van der Waals surface area contributed by atoms with Crippen LogP contribution in [-0.4, -0.2) is 85.3 Å². The Kier molecular flexibility index (Phi) is 13.2. The van der Waals surface area contributed by atoms with Crippen LogP contribution in [0.1, 0.15) is 39.1 Å². The summed E-state index contributed by atoms with van der Waals surface area (Å²) in [5.41, 5.74) is 1.09. The Morgan fingerprint density at radius 1 is 0.783 bits per heavy atom. The minimum atomic E-state index is -2.28. The highest BCUT2D eigenvalue weighted by atomic mass is 35.5. The first-order valence-electron chi connectivity index (χ1n) is 13.9. The number of benzene rings is 3. The molecule has 0 aliphatic carbocycles. The minimum absolute atomic E-state index is 0.0168. The van der Waals surface area contributed by atoms with E-state index in [1.807, 2.05) is 18.2 Å². The quantitative estimate of drug-likeness (QED) is 0.201. The Balaban J connectivity index is 0.000000300. The van der Waals surface area contributed by atoms with E-state index >= 15 is 0 Å². The molecule has 14 heteroatoms. The number of hydrogen-bond donors (Lipinski definition) is 4. The predicted octanol–water partition coefficient (Wildman–Crippen LogP) is 4.23. The summed E-state index contributed by atoms with van der Waals surface area (Å²) in [5, 5.41) is 32.4. The van der Waals surface area contributed by atoms with Crippen LogP contribution in [0.3, 0.4) is 0 Å². The SMILES string of the molecule is COc1ccc(C(=O)O[C@@H](C(=O)O)[C@@H](OC(=O)c2ccc(OC)cc2)C(=O)O)cc1.OCC[C@@]1(c2ccc(Cl)c(Cl)c2)CCNC1. The predicted molar refractivity (Wildman–Crippen MR) is 167 cm³/mol. The first kappa shape index (κ1) is 36.1. The summed E-state index contributed by atoms with van der Waals surface area (Å²) in [6.45, 7) is 2.08. The van der Waals surface area contributed by atoms with Crippen LogP contribution in [0.4, 0.5) is 0 Å². The summed E-state index contributed by atoms with van der Waals surface area (Å²) in [6.07, 6.45) is -2.76. The molecule has 1 saturated heterocycles. The fourth-order valence-corrected chi connectivity index (χ4v) is 4.99. The average Bonchev–Trinajstić information content (AvgIpc) is 3.53. The Morgan fingerprint density at radius 2 is 1.26 bits per heavy atom. The van der Waals surface area contributed by atoms with Gasteiger partial charge in [0.2, 0.25) is 12.2 Å². The molecule has 0 amide bonds. The van der Waals surface area contributed by atoms with Gasteiger partial charge in [0.25, 0.3) is 0 Å². The Bertz CT molecular complexity index is 1430. The fraction of sp³-hybridized carbons (Fsp3) is 0.312. The van der Waals surface area contributed by atoms with Crippen molar-refractivity contribution in [1.29, 1.82) is 0 Å². The normalized spacial score (nSPS) is 16.6. The van der Waals surface area contributed by atoms with E-state index in [0.717, 1.165) is 25.9 Å². The second kappa shape index (κ2) is 16.8. The molecule has 0 radical (unpaired) electrons. The van der Waals surface area contributed by atoms with Crippen molar-refractivity contribution < 1.29 is 53.4 Å². The van der Waals surface area contributed by atoms with E-state index in [4.69, 9.17) is 42.1 Å². The molecule has 0 bridgehead atoms. The molecule has 3 aromatic rings. The van der Waals surface area contributed by atoms with Gasteiger partial charge < -0.3 is 39.6 Å². The van der Waals surface area contributed by atoms with Crippen molar-refractivity contribution in [2.24, 2.45) is 0 Å². The van der Waals surface area contributed by atoms with Crippen molar-refractivity contribution in [1.82, 2.24) is 5.32 Å². The molecular weight excluding hydrogens is 645 g/mol. The molecule has 46 heavy (non-hydrogen) atoms. The van der Waals surface area contributed by atoms with Gasteiger partial charge in [0.05, 0.1) is 35.4 Å². The molecule has 12 nitrogen and oxygen atoms in total. The van der Waals surface area contributed by atoms with E-state index in [0.29, 0.717) is 21.5 Å². The van der Waals surface area contributed by atoms with Gasteiger partial charge in [-0.3, -0.25) is 0 Å². The van der Waals surface area contributed by atoms with Crippen molar-refractivity contribution >= 4 is 47.1 Å². The number of aliphatic hydroxyl groups excluding tert-OH is 1. The summed E-state index contributed by atoms with van der Waals surface area (Å²) in [6, 6.07) is 16.7. The second-order valence-corrected chi connectivity index (χ2v) is 10.9. The molecule has 1 fully saturated rings. The van der Waals surface area contributed by atoms with Crippen LogP contribution in [0.25, 0.3) is 0 Å². The van der Waals surface area contributed by atoms with Gasteiger partial charge in [-0.1, -0.05) is 29.3 Å². The lowest BCUT2D eigenvalue weighted by atomic mass is 9.77. The van der Waals surface area contributed by atoms with E-state index in [2.05, 4.69) is 5.32 Å².